The third kappa shape index (κ3) is 2.44. The summed E-state index contributed by atoms with van der Waals surface area (Å²) < 4.78 is 1.68. The number of Topliss-reactive ketones (excluding diaryl/α,β-unsaturated/α-hetero) is 1. The summed E-state index contributed by atoms with van der Waals surface area (Å²) in [5.41, 5.74) is 4.97. The Bertz CT molecular complexity index is 877. The molecule has 23 heavy (non-hydrogen) atoms. The zero-order valence-corrected chi connectivity index (χ0v) is 13.4. The van der Waals surface area contributed by atoms with Crippen molar-refractivity contribution in [1.82, 2.24) is 14.6 Å². The van der Waals surface area contributed by atoms with Gasteiger partial charge in [0.1, 0.15) is 0 Å². The Labute approximate surface area is 135 Å². The summed E-state index contributed by atoms with van der Waals surface area (Å²) in [4.78, 5) is 17.2. The molecule has 1 unspecified atom stereocenters. The van der Waals surface area contributed by atoms with E-state index in [-0.39, 0.29) is 11.7 Å². The first kappa shape index (κ1) is 14.1. The molecule has 2 aromatic heterocycles. The van der Waals surface area contributed by atoms with E-state index >= 15 is 0 Å². The first-order valence-electron chi connectivity index (χ1n) is 8.08. The van der Waals surface area contributed by atoms with Crippen LogP contribution in [-0.2, 0) is 6.42 Å². The Hall–Kier alpha value is -2.49. The second-order valence-electron chi connectivity index (χ2n) is 6.58. The molecule has 3 aromatic rings. The van der Waals surface area contributed by atoms with E-state index in [2.05, 4.69) is 48.2 Å². The van der Waals surface area contributed by atoms with Crippen molar-refractivity contribution in [3.8, 4) is 0 Å². The fraction of sp³-hybridized carbons (Fsp3) is 0.316. The average Bonchev–Trinajstić information content (AvgIpc) is 3.00. The number of carbonyl (C=O) groups is 1. The molecule has 0 radical (unpaired) electrons. The minimum Gasteiger partial charge on any atom is -0.294 e. The molecule has 4 nitrogen and oxygen atoms in total. The number of benzene rings is 1. The lowest BCUT2D eigenvalue weighted by Crippen LogP contribution is -2.21. The van der Waals surface area contributed by atoms with E-state index in [0.29, 0.717) is 12.3 Å². The van der Waals surface area contributed by atoms with Gasteiger partial charge in [-0.2, -0.15) is 5.10 Å². The minimum atomic E-state index is 0.161. The number of rotatable bonds is 2. The lowest BCUT2D eigenvalue weighted by molar-refractivity contribution is 0.0962. The van der Waals surface area contributed by atoms with Gasteiger partial charge in [0.15, 0.2) is 11.4 Å². The monoisotopic (exact) mass is 305 g/mol. The molecule has 1 atom stereocenters. The number of hydrogen-bond donors (Lipinski definition) is 0. The predicted molar refractivity (Wildman–Crippen MR) is 88.9 cm³/mol. The first-order valence-corrected chi connectivity index (χ1v) is 8.08. The number of ketones is 1. The molecule has 4 rings (SSSR count). The highest BCUT2D eigenvalue weighted by molar-refractivity contribution is 5.98. The van der Waals surface area contributed by atoms with Crippen molar-refractivity contribution < 1.29 is 4.79 Å². The fourth-order valence-electron chi connectivity index (χ4n) is 3.31. The van der Waals surface area contributed by atoms with Crippen LogP contribution in [0.3, 0.4) is 0 Å². The lowest BCUT2D eigenvalue weighted by Gasteiger charge is -2.23. The van der Waals surface area contributed by atoms with E-state index in [0.717, 1.165) is 23.3 Å². The van der Waals surface area contributed by atoms with Crippen molar-refractivity contribution in [3.05, 3.63) is 65.1 Å². The first-order chi connectivity index (χ1) is 11.1. The fourth-order valence-corrected chi connectivity index (χ4v) is 3.31. The maximum Gasteiger partial charge on any atom is 0.166 e. The van der Waals surface area contributed by atoms with Gasteiger partial charge < -0.3 is 0 Å². The van der Waals surface area contributed by atoms with Crippen molar-refractivity contribution in [1.29, 1.82) is 0 Å². The largest absolute Gasteiger partial charge is 0.294 e. The van der Waals surface area contributed by atoms with Crippen LogP contribution in [0.15, 0.2) is 42.7 Å². The molecule has 1 aliphatic rings. The van der Waals surface area contributed by atoms with Gasteiger partial charge in [-0.15, -0.1) is 0 Å². The van der Waals surface area contributed by atoms with Crippen molar-refractivity contribution in [3.63, 3.8) is 0 Å². The number of hydrogen-bond acceptors (Lipinski definition) is 3. The van der Waals surface area contributed by atoms with E-state index < -0.39 is 0 Å². The summed E-state index contributed by atoms with van der Waals surface area (Å²) in [5, 5.41) is 4.17. The van der Waals surface area contributed by atoms with E-state index in [4.69, 9.17) is 0 Å². The van der Waals surface area contributed by atoms with Crippen LogP contribution in [0.5, 0.6) is 0 Å². The van der Waals surface area contributed by atoms with Crippen LogP contribution in [0.4, 0.5) is 0 Å². The van der Waals surface area contributed by atoms with Gasteiger partial charge in [0.25, 0.3) is 0 Å². The third-order valence-corrected chi connectivity index (χ3v) is 4.71. The molecule has 1 aliphatic carbocycles. The van der Waals surface area contributed by atoms with Gasteiger partial charge in [0.2, 0.25) is 0 Å². The van der Waals surface area contributed by atoms with Crippen LogP contribution in [0.25, 0.3) is 5.65 Å². The molecular weight excluding hydrogens is 286 g/mol. The Kier molecular flexibility index (Phi) is 3.26. The third-order valence-electron chi connectivity index (χ3n) is 4.71. The molecule has 2 heterocycles. The van der Waals surface area contributed by atoms with E-state index in [1.165, 1.54) is 11.1 Å². The molecule has 0 spiro atoms. The van der Waals surface area contributed by atoms with Gasteiger partial charge >= 0.3 is 0 Å². The van der Waals surface area contributed by atoms with Gasteiger partial charge in [0.05, 0.1) is 17.5 Å². The molecule has 0 N–H and O–H groups in total. The number of carbonyl (C=O) groups excluding carboxylic acids is 1. The van der Waals surface area contributed by atoms with Crippen molar-refractivity contribution in [2.45, 2.75) is 38.5 Å². The molecule has 0 aliphatic heterocycles. The quantitative estimate of drug-likeness (QED) is 0.724. The summed E-state index contributed by atoms with van der Waals surface area (Å²) in [6.45, 7) is 4.38. The highest BCUT2D eigenvalue weighted by Gasteiger charge is 2.28. The molecular formula is C19H19N3O. The molecule has 0 fully saturated rings. The Morgan fingerprint density at radius 2 is 1.91 bits per heavy atom. The van der Waals surface area contributed by atoms with Crippen molar-refractivity contribution in [2.75, 3.05) is 0 Å². The average molecular weight is 305 g/mol. The molecule has 0 bridgehead atoms. The van der Waals surface area contributed by atoms with Gasteiger partial charge in [-0.25, -0.2) is 9.50 Å². The maximum atomic E-state index is 12.5. The van der Waals surface area contributed by atoms with Gasteiger partial charge in [-0.1, -0.05) is 38.1 Å². The Balaban J connectivity index is 1.69. The Morgan fingerprint density at radius 1 is 1.13 bits per heavy atom. The SMILES string of the molecule is CC(C)c1ccc(C2CC(=O)c3cn4nccc4nc3C2)cc1. The molecule has 1 aromatic carbocycles. The summed E-state index contributed by atoms with van der Waals surface area (Å²) in [6.07, 6.45) is 4.88. The maximum absolute atomic E-state index is 12.5. The molecule has 0 amide bonds. The molecule has 4 heteroatoms. The summed E-state index contributed by atoms with van der Waals surface area (Å²) in [6, 6.07) is 10.5. The summed E-state index contributed by atoms with van der Waals surface area (Å²) >= 11 is 0. The number of nitrogens with zero attached hydrogens (tertiary/aromatic N) is 3. The van der Waals surface area contributed by atoms with Crippen LogP contribution >= 0.6 is 0 Å². The normalized spacial score (nSPS) is 17.7. The van der Waals surface area contributed by atoms with Gasteiger partial charge in [0, 0.05) is 18.7 Å². The highest BCUT2D eigenvalue weighted by Crippen LogP contribution is 2.32. The van der Waals surface area contributed by atoms with Gasteiger partial charge in [-0.3, -0.25) is 4.79 Å². The predicted octanol–water partition coefficient (Wildman–Crippen LogP) is 3.77. The van der Waals surface area contributed by atoms with Crippen LogP contribution < -0.4 is 0 Å². The topological polar surface area (TPSA) is 47.3 Å². The van der Waals surface area contributed by atoms with Crippen LogP contribution in [-0.4, -0.2) is 20.4 Å². The smallest absolute Gasteiger partial charge is 0.166 e. The zero-order chi connectivity index (χ0) is 16.0. The van der Waals surface area contributed by atoms with Crippen molar-refractivity contribution in [2.24, 2.45) is 0 Å². The zero-order valence-electron chi connectivity index (χ0n) is 13.4. The number of aromatic nitrogens is 3. The molecule has 0 saturated heterocycles. The standard InChI is InChI=1S/C19H19N3O/c1-12(2)13-3-5-14(6-4-13)15-9-17-16(18(23)10-15)11-22-19(21-17)7-8-20-22/h3-8,11-12,15H,9-10H2,1-2H3. The Morgan fingerprint density at radius 3 is 2.65 bits per heavy atom. The summed E-state index contributed by atoms with van der Waals surface area (Å²) in [5.74, 6) is 0.901. The minimum absolute atomic E-state index is 0.161. The van der Waals surface area contributed by atoms with E-state index in [1.807, 2.05) is 12.3 Å². The van der Waals surface area contributed by atoms with E-state index in [1.54, 1.807) is 10.7 Å². The van der Waals surface area contributed by atoms with Crippen LogP contribution in [0.1, 0.15) is 59.3 Å². The van der Waals surface area contributed by atoms with Crippen LogP contribution in [0.2, 0.25) is 0 Å². The second-order valence-corrected chi connectivity index (χ2v) is 6.58. The second kappa shape index (κ2) is 5.30. The van der Waals surface area contributed by atoms with Crippen molar-refractivity contribution >= 4 is 11.4 Å². The lowest BCUT2D eigenvalue weighted by atomic mass is 9.81. The molecule has 116 valence electrons. The highest BCUT2D eigenvalue weighted by atomic mass is 16.1. The summed E-state index contributed by atoms with van der Waals surface area (Å²) in [7, 11) is 0. The molecule has 0 saturated carbocycles. The van der Waals surface area contributed by atoms with Crippen LogP contribution in [0, 0.1) is 0 Å². The van der Waals surface area contributed by atoms with Gasteiger partial charge in [-0.05, 0) is 29.4 Å². The number of fused-ring (bicyclic) bond motifs is 2. The van der Waals surface area contributed by atoms with E-state index in [9.17, 15) is 4.79 Å².